The molecule has 0 saturated heterocycles. The van der Waals surface area contributed by atoms with Gasteiger partial charge in [-0.3, -0.25) is 4.79 Å². The van der Waals surface area contributed by atoms with Crippen molar-refractivity contribution in [1.82, 2.24) is 9.99 Å². The smallest absolute Gasteiger partial charge is 0.506 e. The number of carbonyl (C=O) groups excluding carboxylic acids is 1. The summed E-state index contributed by atoms with van der Waals surface area (Å²) in [6, 6.07) is 17.3. The van der Waals surface area contributed by atoms with E-state index in [4.69, 9.17) is 11.6 Å². The number of phenols is 1. The summed E-state index contributed by atoms with van der Waals surface area (Å²) in [5.74, 6) is -0.857. The van der Waals surface area contributed by atoms with Crippen LogP contribution in [0.15, 0.2) is 78.0 Å². The first-order valence-electron chi connectivity index (χ1n) is 9.93. The molecule has 0 spiro atoms. The lowest BCUT2D eigenvalue weighted by Crippen LogP contribution is -2.17. The number of amides is 1. The zero-order valence-electron chi connectivity index (χ0n) is 17.4. The van der Waals surface area contributed by atoms with Gasteiger partial charge in [0, 0.05) is 29.2 Å². The normalized spacial score (nSPS) is 11.8. The lowest BCUT2D eigenvalue weighted by atomic mass is 10.1. The molecule has 0 saturated carbocycles. The molecule has 1 aromatic heterocycles. The Morgan fingerprint density at radius 2 is 1.85 bits per heavy atom. The molecule has 0 unspecified atom stereocenters. The highest BCUT2D eigenvalue weighted by molar-refractivity contribution is 6.32. The summed E-state index contributed by atoms with van der Waals surface area (Å²) in [6.45, 7) is 0.467. The van der Waals surface area contributed by atoms with E-state index in [1.165, 1.54) is 36.5 Å². The van der Waals surface area contributed by atoms with Crippen LogP contribution in [-0.2, 0) is 6.54 Å². The van der Waals surface area contributed by atoms with E-state index in [1.54, 1.807) is 12.1 Å². The van der Waals surface area contributed by atoms with E-state index in [0.29, 0.717) is 6.54 Å². The SMILES string of the molecule is O=C(N/N=C/c1ccc2c(ccn2Cc2ccc(OC(F)(F)F)cc2)c1)c1ccc(O)c(Cl)c1. The molecule has 0 bridgehead atoms. The van der Waals surface area contributed by atoms with Gasteiger partial charge in [-0.2, -0.15) is 5.10 Å². The van der Waals surface area contributed by atoms with E-state index < -0.39 is 12.3 Å². The number of rotatable bonds is 6. The van der Waals surface area contributed by atoms with Crippen LogP contribution in [0.1, 0.15) is 21.5 Å². The van der Waals surface area contributed by atoms with Gasteiger partial charge >= 0.3 is 6.36 Å². The predicted octanol–water partition coefficient (Wildman–Crippen LogP) is 5.71. The Balaban J connectivity index is 1.41. The van der Waals surface area contributed by atoms with Crippen LogP contribution in [0.5, 0.6) is 11.5 Å². The first-order valence-corrected chi connectivity index (χ1v) is 10.3. The third-order valence-corrected chi connectivity index (χ3v) is 5.20. The summed E-state index contributed by atoms with van der Waals surface area (Å²) in [6.07, 6.45) is -1.35. The predicted molar refractivity (Wildman–Crippen MR) is 122 cm³/mol. The number of alkyl halides is 3. The lowest BCUT2D eigenvalue weighted by Gasteiger charge is -2.10. The van der Waals surface area contributed by atoms with E-state index >= 15 is 0 Å². The van der Waals surface area contributed by atoms with E-state index in [1.807, 2.05) is 35.0 Å². The number of hydrogen-bond acceptors (Lipinski definition) is 4. The number of hydrogen-bond donors (Lipinski definition) is 2. The van der Waals surface area contributed by atoms with Crippen molar-refractivity contribution in [3.63, 3.8) is 0 Å². The maximum Gasteiger partial charge on any atom is 0.573 e. The van der Waals surface area contributed by atoms with Crippen molar-refractivity contribution in [3.05, 3.63) is 94.6 Å². The highest BCUT2D eigenvalue weighted by Crippen LogP contribution is 2.25. The quantitative estimate of drug-likeness (QED) is 0.270. The van der Waals surface area contributed by atoms with Crippen molar-refractivity contribution < 1.29 is 27.8 Å². The Hall–Kier alpha value is -3.98. The van der Waals surface area contributed by atoms with Crippen LogP contribution in [0.3, 0.4) is 0 Å². The molecule has 0 radical (unpaired) electrons. The molecule has 0 aliphatic rings. The van der Waals surface area contributed by atoms with E-state index in [-0.39, 0.29) is 22.1 Å². The molecule has 174 valence electrons. The summed E-state index contributed by atoms with van der Waals surface area (Å²) in [5.41, 5.74) is 5.15. The molecule has 0 fully saturated rings. The van der Waals surface area contributed by atoms with E-state index in [2.05, 4.69) is 15.3 Å². The van der Waals surface area contributed by atoms with Crippen LogP contribution in [0.25, 0.3) is 10.9 Å². The van der Waals surface area contributed by atoms with Gasteiger partial charge in [0.1, 0.15) is 11.5 Å². The Kier molecular flexibility index (Phi) is 6.47. The molecule has 6 nitrogen and oxygen atoms in total. The highest BCUT2D eigenvalue weighted by Gasteiger charge is 2.30. The van der Waals surface area contributed by atoms with Crippen LogP contribution >= 0.6 is 11.6 Å². The highest BCUT2D eigenvalue weighted by atomic mass is 35.5. The Morgan fingerprint density at radius 3 is 2.56 bits per heavy atom. The molecule has 1 heterocycles. The fraction of sp³-hybridized carbons (Fsp3) is 0.0833. The molecule has 0 atom stereocenters. The monoisotopic (exact) mass is 487 g/mol. The van der Waals surface area contributed by atoms with Crippen molar-refractivity contribution in [2.75, 3.05) is 0 Å². The molecule has 0 aliphatic heterocycles. The molecule has 0 aliphatic carbocycles. The summed E-state index contributed by atoms with van der Waals surface area (Å²) in [5, 5.41) is 14.4. The van der Waals surface area contributed by atoms with Gasteiger partial charge < -0.3 is 14.4 Å². The topological polar surface area (TPSA) is 75.9 Å². The number of phenolic OH excluding ortho intramolecular Hbond substituents is 1. The molecule has 2 N–H and O–H groups in total. The Labute approximate surface area is 196 Å². The van der Waals surface area contributed by atoms with E-state index in [9.17, 15) is 23.1 Å². The van der Waals surface area contributed by atoms with Crippen molar-refractivity contribution in [3.8, 4) is 11.5 Å². The van der Waals surface area contributed by atoms with Crippen molar-refractivity contribution in [1.29, 1.82) is 0 Å². The van der Waals surface area contributed by atoms with Gasteiger partial charge in [-0.15, -0.1) is 13.2 Å². The number of nitrogens with zero attached hydrogens (tertiary/aromatic N) is 2. The molecule has 10 heteroatoms. The fourth-order valence-corrected chi connectivity index (χ4v) is 3.49. The van der Waals surface area contributed by atoms with Gasteiger partial charge in [0.05, 0.1) is 11.2 Å². The van der Waals surface area contributed by atoms with Gasteiger partial charge in [-0.25, -0.2) is 5.43 Å². The number of nitrogens with one attached hydrogen (secondary N) is 1. The summed E-state index contributed by atoms with van der Waals surface area (Å²) < 4.78 is 42.8. The third kappa shape index (κ3) is 5.68. The number of carbonyl (C=O) groups is 1. The van der Waals surface area contributed by atoms with Crippen LogP contribution in [-0.4, -0.2) is 28.2 Å². The molecule has 34 heavy (non-hydrogen) atoms. The zero-order chi connectivity index (χ0) is 24.3. The van der Waals surface area contributed by atoms with Gasteiger partial charge in [-0.1, -0.05) is 29.8 Å². The molecule has 4 aromatic rings. The third-order valence-electron chi connectivity index (χ3n) is 4.89. The summed E-state index contributed by atoms with van der Waals surface area (Å²) >= 11 is 5.81. The standard InChI is InChI=1S/C24H17ClF3N3O3/c25-20-12-18(4-8-22(20)32)23(33)30-29-13-16-3-7-21-17(11-16)9-10-31(21)14-15-1-5-19(6-2-15)34-24(26,27)28/h1-13,32H,14H2,(H,30,33)/b29-13+. The number of hydrazone groups is 1. The van der Waals surface area contributed by atoms with Gasteiger partial charge in [0.2, 0.25) is 0 Å². The van der Waals surface area contributed by atoms with Crippen LogP contribution in [0.4, 0.5) is 13.2 Å². The zero-order valence-corrected chi connectivity index (χ0v) is 18.1. The van der Waals surface area contributed by atoms with Crippen LogP contribution in [0.2, 0.25) is 5.02 Å². The molecule has 1 amide bonds. The molecular weight excluding hydrogens is 471 g/mol. The number of aromatic nitrogens is 1. The van der Waals surface area contributed by atoms with Crippen molar-refractivity contribution >= 4 is 34.6 Å². The van der Waals surface area contributed by atoms with Gasteiger partial charge in [0.15, 0.2) is 0 Å². The number of halogens is 4. The maximum atomic E-state index is 12.3. The summed E-state index contributed by atoms with van der Waals surface area (Å²) in [7, 11) is 0. The maximum absolute atomic E-state index is 12.3. The number of benzene rings is 3. The van der Waals surface area contributed by atoms with Gasteiger partial charge in [0.25, 0.3) is 5.91 Å². The van der Waals surface area contributed by atoms with E-state index in [0.717, 1.165) is 22.0 Å². The fourth-order valence-electron chi connectivity index (χ4n) is 3.31. The Morgan fingerprint density at radius 1 is 1.09 bits per heavy atom. The summed E-state index contributed by atoms with van der Waals surface area (Å²) in [4.78, 5) is 12.1. The second kappa shape index (κ2) is 9.48. The average molecular weight is 488 g/mol. The first-order chi connectivity index (χ1) is 16.2. The first kappa shape index (κ1) is 23.2. The molecule has 3 aromatic carbocycles. The Bertz CT molecular complexity index is 1370. The van der Waals surface area contributed by atoms with Crippen molar-refractivity contribution in [2.45, 2.75) is 12.9 Å². The minimum Gasteiger partial charge on any atom is -0.506 e. The molecular formula is C24H17ClF3N3O3. The second-order valence-electron chi connectivity index (χ2n) is 7.32. The number of fused-ring (bicyclic) bond motifs is 1. The minimum atomic E-state index is -4.72. The largest absolute Gasteiger partial charge is 0.573 e. The van der Waals surface area contributed by atoms with Gasteiger partial charge in [-0.05, 0) is 59.7 Å². The van der Waals surface area contributed by atoms with Crippen LogP contribution in [0, 0.1) is 0 Å². The number of ether oxygens (including phenoxy) is 1. The number of aromatic hydroxyl groups is 1. The minimum absolute atomic E-state index is 0.0668. The van der Waals surface area contributed by atoms with Crippen LogP contribution < -0.4 is 10.2 Å². The molecule has 4 rings (SSSR count). The average Bonchev–Trinajstić information content (AvgIpc) is 3.18. The van der Waals surface area contributed by atoms with Crippen molar-refractivity contribution in [2.24, 2.45) is 5.10 Å². The second-order valence-corrected chi connectivity index (χ2v) is 7.73. The lowest BCUT2D eigenvalue weighted by molar-refractivity contribution is -0.274.